The lowest BCUT2D eigenvalue weighted by molar-refractivity contribution is 0.228. The molecule has 0 saturated heterocycles. The zero-order chi connectivity index (χ0) is 9.40. The first kappa shape index (κ1) is 10.8. The Morgan fingerprint density at radius 3 is 2.50 bits per heavy atom. The van der Waals surface area contributed by atoms with E-state index in [2.05, 4.69) is 5.92 Å². The number of methoxy groups -OCH3 is 2. The fourth-order valence-electron chi connectivity index (χ4n) is 0.712. The SMILES string of the molecule is C#C/C(=C/C(=C\C)OC)COC. The second-order valence-corrected chi connectivity index (χ2v) is 2.14. The Kier molecular flexibility index (Phi) is 5.86. The van der Waals surface area contributed by atoms with Gasteiger partial charge in [-0.3, -0.25) is 0 Å². The normalized spacial score (nSPS) is 12.5. The first-order valence-corrected chi connectivity index (χ1v) is 3.64. The lowest BCUT2D eigenvalue weighted by Crippen LogP contribution is -1.93. The smallest absolute Gasteiger partial charge is 0.115 e. The van der Waals surface area contributed by atoms with E-state index in [4.69, 9.17) is 15.9 Å². The zero-order valence-electron chi connectivity index (χ0n) is 7.76. The van der Waals surface area contributed by atoms with E-state index in [0.717, 1.165) is 11.3 Å². The molecule has 0 aromatic heterocycles. The van der Waals surface area contributed by atoms with Crippen molar-refractivity contribution in [2.45, 2.75) is 6.92 Å². The van der Waals surface area contributed by atoms with E-state index in [0.29, 0.717) is 6.61 Å². The highest BCUT2D eigenvalue weighted by molar-refractivity contribution is 5.32. The minimum Gasteiger partial charge on any atom is -0.497 e. The molecule has 0 amide bonds. The molecule has 0 saturated carbocycles. The quantitative estimate of drug-likeness (QED) is 0.360. The molecule has 2 nitrogen and oxygen atoms in total. The summed E-state index contributed by atoms with van der Waals surface area (Å²) in [5.74, 6) is 3.27. The maximum absolute atomic E-state index is 5.24. The third-order valence-corrected chi connectivity index (χ3v) is 1.32. The third kappa shape index (κ3) is 3.85. The van der Waals surface area contributed by atoms with Gasteiger partial charge in [0.15, 0.2) is 0 Å². The average molecular weight is 166 g/mol. The van der Waals surface area contributed by atoms with Crippen LogP contribution in [0.25, 0.3) is 0 Å². The molecule has 66 valence electrons. The number of hydrogen-bond acceptors (Lipinski definition) is 2. The summed E-state index contributed by atoms with van der Waals surface area (Å²) in [4.78, 5) is 0. The van der Waals surface area contributed by atoms with Crippen molar-refractivity contribution < 1.29 is 9.47 Å². The van der Waals surface area contributed by atoms with Crippen LogP contribution in [-0.4, -0.2) is 20.8 Å². The lowest BCUT2D eigenvalue weighted by Gasteiger charge is -2.01. The van der Waals surface area contributed by atoms with Crippen LogP contribution in [0.4, 0.5) is 0 Å². The second-order valence-electron chi connectivity index (χ2n) is 2.14. The van der Waals surface area contributed by atoms with Gasteiger partial charge in [-0.25, -0.2) is 0 Å². The van der Waals surface area contributed by atoms with Crippen molar-refractivity contribution in [2.75, 3.05) is 20.8 Å². The summed E-state index contributed by atoms with van der Waals surface area (Å²) in [6.07, 6.45) is 8.86. The summed E-state index contributed by atoms with van der Waals surface area (Å²) in [6, 6.07) is 0. The molecule has 0 aliphatic rings. The van der Waals surface area contributed by atoms with Crippen molar-refractivity contribution >= 4 is 0 Å². The van der Waals surface area contributed by atoms with E-state index in [1.807, 2.05) is 13.0 Å². The van der Waals surface area contributed by atoms with Gasteiger partial charge in [0.2, 0.25) is 0 Å². The van der Waals surface area contributed by atoms with Crippen molar-refractivity contribution in [3.63, 3.8) is 0 Å². The number of ether oxygens (including phenoxy) is 2. The van der Waals surface area contributed by atoms with Gasteiger partial charge in [0.1, 0.15) is 5.76 Å². The van der Waals surface area contributed by atoms with Crippen LogP contribution in [0.2, 0.25) is 0 Å². The summed E-state index contributed by atoms with van der Waals surface area (Å²) in [6.45, 7) is 2.33. The fraction of sp³-hybridized carbons (Fsp3) is 0.400. The standard InChI is InChI=1S/C10H14O2/c1-5-9(8-11-3)7-10(6-2)12-4/h1,6-7H,8H2,2-4H3/b9-7-,10-6+. The van der Waals surface area contributed by atoms with E-state index in [9.17, 15) is 0 Å². The van der Waals surface area contributed by atoms with Gasteiger partial charge >= 0.3 is 0 Å². The van der Waals surface area contributed by atoms with E-state index in [-0.39, 0.29) is 0 Å². The minimum absolute atomic E-state index is 0.442. The summed E-state index contributed by atoms with van der Waals surface area (Å²) < 4.78 is 9.90. The monoisotopic (exact) mass is 166 g/mol. The molecule has 12 heavy (non-hydrogen) atoms. The van der Waals surface area contributed by atoms with E-state index in [1.165, 1.54) is 0 Å². The fourth-order valence-corrected chi connectivity index (χ4v) is 0.712. The van der Waals surface area contributed by atoms with Crippen LogP contribution in [0.1, 0.15) is 6.92 Å². The topological polar surface area (TPSA) is 18.5 Å². The lowest BCUT2D eigenvalue weighted by atomic mass is 10.2. The largest absolute Gasteiger partial charge is 0.497 e. The first-order valence-electron chi connectivity index (χ1n) is 3.64. The van der Waals surface area contributed by atoms with Gasteiger partial charge in [0, 0.05) is 12.7 Å². The molecule has 0 fully saturated rings. The Bertz CT molecular complexity index is 218. The van der Waals surface area contributed by atoms with Crippen LogP contribution in [0.15, 0.2) is 23.5 Å². The van der Waals surface area contributed by atoms with Crippen LogP contribution in [0, 0.1) is 12.3 Å². The Labute approximate surface area is 73.9 Å². The Morgan fingerprint density at radius 1 is 1.50 bits per heavy atom. The van der Waals surface area contributed by atoms with Crippen molar-refractivity contribution in [1.82, 2.24) is 0 Å². The summed E-state index contributed by atoms with van der Waals surface area (Å²) >= 11 is 0. The zero-order valence-corrected chi connectivity index (χ0v) is 7.76. The summed E-state index contributed by atoms with van der Waals surface area (Å²) in [7, 11) is 3.21. The molecule has 0 aliphatic heterocycles. The first-order chi connectivity index (χ1) is 5.78. The van der Waals surface area contributed by atoms with Gasteiger partial charge in [-0.1, -0.05) is 5.92 Å². The average Bonchev–Trinajstić information content (AvgIpc) is 2.12. The van der Waals surface area contributed by atoms with E-state index in [1.54, 1.807) is 20.3 Å². The van der Waals surface area contributed by atoms with Crippen LogP contribution < -0.4 is 0 Å². The van der Waals surface area contributed by atoms with Gasteiger partial charge in [0.05, 0.1) is 13.7 Å². The Hall–Kier alpha value is -1.20. The van der Waals surface area contributed by atoms with Gasteiger partial charge in [-0.15, -0.1) is 6.42 Å². The maximum Gasteiger partial charge on any atom is 0.115 e. The van der Waals surface area contributed by atoms with Crippen molar-refractivity contribution in [1.29, 1.82) is 0 Å². The number of terminal acetylenes is 1. The molecule has 0 bridgehead atoms. The van der Waals surface area contributed by atoms with Gasteiger partial charge in [0.25, 0.3) is 0 Å². The van der Waals surface area contributed by atoms with E-state index >= 15 is 0 Å². The van der Waals surface area contributed by atoms with Crippen LogP contribution in [0.5, 0.6) is 0 Å². The van der Waals surface area contributed by atoms with Gasteiger partial charge in [-0.05, 0) is 19.1 Å². The molecule has 0 heterocycles. The van der Waals surface area contributed by atoms with Gasteiger partial charge < -0.3 is 9.47 Å². The van der Waals surface area contributed by atoms with Gasteiger partial charge in [-0.2, -0.15) is 0 Å². The third-order valence-electron chi connectivity index (χ3n) is 1.32. The molecular formula is C10H14O2. The number of hydrogen-bond donors (Lipinski definition) is 0. The molecule has 0 atom stereocenters. The van der Waals surface area contributed by atoms with Crippen LogP contribution in [0.3, 0.4) is 0 Å². The number of allylic oxidation sites excluding steroid dienone is 2. The molecule has 0 N–H and O–H groups in total. The van der Waals surface area contributed by atoms with Crippen LogP contribution in [-0.2, 0) is 9.47 Å². The molecule has 0 aromatic rings. The molecule has 0 aliphatic carbocycles. The minimum atomic E-state index is 0.442. The molecule has 2 heteroatoms. The van der Waals surface area contributed by atoms with Crippen molar-refractivity contribution in [2.24, 2.45) is 0 Å². The highest BCUT2D eigenvalue weighted by Gasteiger charge is 1.93. The molecule has 0 spiro atoms. The van der Waals surface area contributed by atoms with E-state index < -0.39 is 0 Å². The summed E-state index contributed by atoms with van der Waals surface area (Å²) in [5.41, 5.74) is 0.771. The second kappa shape index (κ2) is 6.51. The summed E-state index contributed by atoms with van der Waals surface area (Å²) in [5, 5.41) is 0. The molecule has 0 radical (unpaired) electrons. The Morgan fingerprint density at radius 2 is 2.17 bits per heavy atom. The predicted octanol–water partition coefficient (Wildman–Crippen LogP) is 1.74. The molecule has 0 rings (SSSR count). The van der Waals surface area contributed by atoms with Crippen molar-refractivity contribution in [3.05, 3.63) is 23.5 Å². The molecule has 0 aromatic carbocycles. The molecule has 0 unspecified atom stereocenters. The Balaban J connectivity index is 4.38. The highest BCUT2D eigenvalue weighted by Crippen LogP contribution is 2.02. The van der Waals surface area contributed by atoms with Crippen molar-refractivity contribution in [3.8, 4) is 12.3 Å². The predicted molar refractivity (Wildman–Crippen MR) is 49.6 cm³/mol. The van der Waals surface area contributed by atoms with Crippen LogP contribution >= 0.6 is 0 Å². The highest BCUT2D eigenvalue weighted by atomic mass is 16.5. The molecular weight excluding hydrogens is 152 g/mol. The number of rotatable bonds is 4. The maximum atomic E-state index is 5.24.